The minimum atomic E-state index is -1.11. The van der Waals surface area contributed by atoms with E-state index in [2.05, 4.69) is 10.6 Å². The summed E-state index contributed by atoms with van der Waals surface area (Å²) in [6, 6.07) is 12.4. The van der Waals surface area contributed by atoms with E-state index in [9.17, 15) is 24.6 Å². The average Bonchev–Trinajstić information content (AvgIpc) is 3.56. The Hall–Kier alpha value is -3.98. The topological polar surface area (TPSA) is 130 Å². The highest BCUT2D eigenvalue weighted by Gasteiger charge is 2.28. The van der Waals surface area contributed by atoms with Crippen LogP contribution in [0.4, 0.5) is 10.5 Å². The fourth-order valence-corrected chi connectivity index (χ4v) is 4.98. The second-order valence-corrected chi connectivity index (χ2v) is 10.0. The molecule has 9 nitrogen and oxygen atoms in total. The molecule has 5 rings (SSSR count). The number of ether oxygens (including phenoxy) is 1. The number of carbonyl (C=O) groups excluding carboxylic acids is 1. The first-order valence-corrected chi connectivity index (χ1v) is 12.9. The van der Waals surface area contributed by atoms with Gasteiger partial charge in [0.1, 0.15) is 11.5 Å². The van der Waals surface area contributed by atoms with Crippen LogP contribution >= 0.6 is 11.6 Å². The molecule has 0 bridgehead atoms. The third kappa shape index (κ3) is 5.62. The normalized spacial score (nSPS) is 15.0. The molecule has 0 unspecified atom stereocenters. The number of carbonyl (C=O) groups is 2. The molecular weight excluding hydrogens is 510 g/mol. The molecule has 0 radical (unpaired) electrons. The number of pyridine rings is 1. The summed E-state index contributed by atoms with van der Waals surface area (Å²) < 4.78 is 7.34. The third-order valence-corrected chi connectivity index (χ3v) is 7.16. The fourth-order valence-electron chi connectivity index (χ4n) is 4.78. The van der Waals surface area contributed by atoms with Crippen molar-refractivity contribution in [1.29, 1.82) is 0 Å². The summed E-state index contributed by atoms with van der Waals surface area (Å²) in [4.78, 5) is 38.1. The minimum Gasteiger partial charge on any atom is -0.505 e. The molecule has 2 aromatic carbocycles. The summed E-state index contributed by atoms with van der Waals surface area (Å²) in [5.41, 5.74) is 1.80. The van der Waals surface area contributed by atoms with E-state index in [1.165, 1.54) is 4.57 Å². The van der Waals surface area contributed by atoms with E-state index < -0.39 is 23.6 Å². The number of urea groups is 1. The molecule has 3 aromatic rings. The lowest BCUT2D eigenvalue weighted by Gasteiger charge is -2.21. The molecule has 0 spiro atoms. The fraction of sp³-hybridized carbons (Fsp3) is 0.321. The third-order valence-electron chi connectivity index (χ3n) is 6.79. The number of hydrogen-bond acceptors (Lipinski definition) is 5. The van der Waals surface area contributed by atoms with Crippen LogP contribution in [0.2, 0.25) is 5.02 Å². The van der Waals surface area contributed by atoms with Gasteiger partial charge in [-0.05, 0) is 61.4 Å². The van der Waals surface area contributed by atoms with Crippen molar-refractivity contribution in [3.05, 3.63) is 86.3 Å². The first-order valence-electron chi connectivity index (χ1n) is 12.6. The molecule has 0 aliphatic heterocycles. The van der Waals surface area contributed by atoms with Crippen LogP contribution in [0.3, 0.4) is 0 Å². The summed E-state index contributed by atoms with van der Waals surface area (Å²) in [6.07, 6.45) is 3.68. The molecule has 1 aromatic heterocycles. The minimum absolute atomic E-state index is 0.162. The molecule has 2 aliphatic carbocycles. The first-order chi connectivity index (χ1) is 18.3. The maximum Gasteiger partial charge on any atom is 0.319 e. The molecule has 2 aliphatic rings. The van der Waals surface area contributed by atoms with Crippen molar-refractivity contribution in [3.8, 4) is 11.5 Å². The van der Waals surface area contributed by atoms with Crippen LogP contribution in [0.5, 0.6) is 11.5 Å². The Morgan fingerprint density at radius 2 is 1.92 bits per heavy atom. The van der Waals surface area contributed by atoms with Gasteiger partial charge in [-0.1, -0.05) is 41.9 Å². The second kappa shape index (κ2) is 10.8. The summed E-state index contributed by atoms with van der Waals surface area (Å²) in [5, 5.41) is 26.0. The molecular formula is C28H28ClN3O6. The van der Waals surface area contributed by atoms with Crippen LogP contribution in [-0.4, -0.2) is 32.9 Å². The van der Waals surface area contributed by atoms with Gasteiger partial charge >= 0.3 is 12.0 Å². The van der Waals surface area contributed by atoms with Crippen LogP contribution < -0.4 is 20.9 Å². The Balaban J connectivity index is 1.41. The largest absolute Gasteiger partial charge is 0.505 e. The van der Waals surface area contributed by atoms with Crippen molar-refractivity contribution < 1.29 is 24.5 Å². The summed E-state index contributed by atoms with van der Waals surface area (Å²) in [7, 11) is 0. The van der Waals surface area contributed by atoms with E-state index in [0.717, 1.165) is 30.5 Å². The van der Waals surface area contributed by atoms with Gasteiger partial charge in [-0.25, -0.2) is 4.79 Å². The number of aromatic nitrogens is 1. The Labute approximate surface area is 224 Å². The molecule has 10 heteroatoms. The number of rotatable bonds is 9. The molecule has 0 saturated heterocycles. The van der Waals surface area contributed by atoms with Crippen molar-refractivity contribution in [2.45, 2.75) is 57.2 Å². The maximum atomic E-state index is 13.5. The first kappa shape index (κ1) is 25.7. The van der Waals surface area contributed by atoms with Gasteiger partial charge < -0.3 is 30.2 Å². The van der Waals surface area contributed by atoms with Crippen molar-refractivity contribution in [2.24, 2.45) is 0 Å². The molecule has 1 saturated carbocycles. The Morgan fingerprint density at radius 3 is 2.66 bits per heavy atom. The highest BCUT2D eigenvalue weighted by molar-refractivity contribution is 6.31. The van der Waals surface area contributed by atoms with Crippen LogP contribution in [-0.2, 0) is 24.2 Å². The molecule has 38 heavy (non-hydrogen) atoms. The van der Waals surface area contributed by atoms with Gasteiger partial charge in [-0.15, -0.1) is 0 Å². The van der Waals surface area contributed by atoms with E-state index in [1.54, 1.807) is 36.4 Å². The second-order valence-electron chi connectivity index (χ2n) is 9.62. The van der Waals surface area contributed by atoms with Crippen LogP contribution in [0.25, 0.3) is 0 Å². The quantitative estimate of drug-likeness (QED) is 0.315. The Kier molecular flexibility index (Phi) is 7.28. The Bertz CT molecular complexity index is 1450. The maximum absolute atomic E-state index is 13.5. The van der Waals surface area contributed by atoms with Gasteiger partial charge in [0.25, 0.3) is 5.56 Å². The van der Waals surface area contributed by atoms with Crippen molar-refractivity contribution in [1.82, 2.24) is 9.88 Å². The van der Waals surface area contributed by atoms with Crippen LogP contribution in [0.15, 0.2) is 53.3 Å². The number of nitrogens with one attached hydrogen (secondary N) is 2. The van der Waals surface area contributed by atoms with E-state index in [-0.39, 0.29) is 30.5 Å². The predicted molar refractivity (Wildman–Crippen MR) is 142 cm³/mol. The zero-order valence-corrected chi connectivity index (χ0v) is 21.3. The molecule has 1 atom stereocenters. The van der Waals surface area contributed by atoms with Gasteiger partial charge in [0.2, 0.25) is 0 Å². The van der Waals surface area contributed by atoms with Crippen LogP contribution in [0, 0.1) is 0 Å². The van der Waals surface area contributed by atoms with Crippen LogP contribution in [0.1, 0.15) is 54.1 Å². The summed E-state index contributed by atoms with van der Waals surface area (Å²) in [6.45, 7) is 0.187. The summed E-state index contributed by atoms with van der Waals surface area (Å²) in [5.74, 6) is -0.768. The highest BCUT2D eigenvalue weighted by Crippen LogP contribution is 2.34. The smallest absolute Gasteiger partial charge is 0.319 e. The van der Waals surface area contributed by atoms with Crippen molar-refractivity contribution >= 4 is 29.3 Å². The number of hydrogen-bond donors (Lipinski definition) is 4. The lowest BCUT2D eigenvalue weighted by Crippen LogP contribution is -2.37. The summed E-state index contributed by atoms with van der Waals surface area (Å²) >= 11 is 6.33. The van der Waals surface area contributed by atoms with Gasteiger partial charge in [0, 0.05) is 16.3 Å². The van der Waals surface area contributed by atoms with Crippen molar-refractivity contribution in [2.75, 3.05) is 5.32 Å². The molecule has 1 heterocycles. The lowest BCUT2D eigenvalue weighted by molar-refractivity contribution is -0.137. The van der Waals surface area contributed by atoms with Gasteiger partial charge in [-0.2, -0.15) is 0 Å². The van der Waals surface area contributed by atoms with E-state index in [1.807, 2.05) is 12.1 Å². The van der Waals surface area contributed by atoms with E-state index in [0.29, 0.717) is 34.7 Å². The number of carboxylic acid groups (broad SMARTS) is 1. The number of anilines is 1. The number of nitrogens with zero attached hydrogens (tertiary/aromatic N) is 1. The molecule has 4 N–H and O–H groups in total. The number of amides is 2. The lowest BCUT2D eigenvalue weighted by atomic mass is 10.0. The zero-order chi connectivity index (χ0) is 26.8. The standard InChI is InChI=1S/C28H28ClN3O6/c29-21-9-2-1-5-17(21)15-32-23-10-4-8-20(23)26(35)25(27(32)36)31-28(37)30-22(14-24(33)34)16-6-3-7-19(13-16)38-18-11-12-18/h1-3,5-7,9,13,18,22,35H,4,8,10-12,14-15H2,(H,33,34)(H2,30,31,37)/t22-/m0/s1. The van der Waals surface area contributed by atoms with Gasteiger partial charge in [0.15, 0.2) is 5.69 Å². The van der Waals surface area contributed by atoms with Gasteiger partial charge in [0.05, 0.1) is 25.1 Å². The number of carboxylic acids is 1. The molecule has 198 valence electrons. The zero-order valence-electron chi connectivity index (χ0n) is 20.6. The monoisotopic (exact) mass is 537 g/mol. The average molecular weight is 538 g/mol. The van der Waals surface area contributed by atoms with Gasteiger partial charge in [-0.3, -0.25) is 9.59 Å². The number of aromatic hydroxyl groups is 1. The molecule has 2 amide bonds. The number of halogens is 1. The molecule has 1 fully saturated rings. The van der Waals surface area contributed by atoms with Crippen molar-refractivity contribution in [3.63, 3.8) is 0 Å². The SMILES string of the molecule is O=C(O)C[C@H](NC(=O)Nc1c(O)c2c(n(Cc3ccccc3Cl)c1=O)CCC2)c1cccc(OC2CC2)c1. The highest BCUT2D eigenvalue weighted by atomic mass is 35.5. The van der Waals surface area contributed by atoms with E-state index >= 15 is 0 Å². The number of benzene rings is 2. The number of fused-ring (bicyclic) bond motifs is 1. The number of aliphatic carboxylic acids is 1. The predicted octanol–water partition coefficient (Wildman–Crippen LogP) is 4.62. The van der Waals surface area contributed by atoms with E-state index in [4.69, 9.17) is 16.3 Å². The Morgan fingerprint density at radius 1 is 1.13 bits per heavy atom.